The van der Waals surface area contributed by atoms with Gasteiger partial charge in [-0.3, -0.25) is 14.3 Å². The highest BCUT2D eigenvalue weighted by molar-refractivity contribution is 6.34. The summed E-state index contributed by atoms with van der Waals surface area (Å²) in [5, 5.41) is 15.5. The van der Waals surface area contributed by atoms with E-state index in [1.807, 2.05) is 38.4 Å². The van der Waals surface area contributed by atoms with Crippen molar-refractivity contribution in [1.82, 2.24) is 24.5 Å². The van der Waals surface area contributed by atoms with Crippen molar-refractivity contribution in [2.75, 3.05) is 10.6 Å². The van der Waals surface area contributed by atoms with Gasteiger partial charge in [-0.25, -0.2) is 9.67 Å². The first-order chi connectivity index (χ1) is 16.5. The zero-order valence-corrected chi connectivity index (χ0v) is 21.3. The first kappa shape index (κ1) is 24.4. The lowest BCUT2D eigenvalue weighted by Crippen LogP contribution is -2.25. The highest BCUT2D eigenvalue weighted by Crippen LogP contribution is 2.27. The molecular weight excluding hydrogens is 466 g/mol. The lowest BCUT2D eigenvalue weighted by Gasteiger charge is -2.16. The Bertz CT molecular complexity index is 1440. The molecule has 2 N–H and O–H groups in total. The zero-order valence-electron chi connectivity index (χ0n) is 20.5. The Morgan fingerprint density at radius 1 is 1.00 bits per heavy atom. The van der Waals surface area contributed by atoms with Crippen molar-refractivity contribution in [3.8, 4) is 0 Å². The van der Waals surface area contributed by atoms with Crippen LogP contribution in [0.5, 0.6) is 0 Å². The number of rotatable bonds is 6. The number of amides is 2. The van der Waals surface area contributed by atoms with Gasteiger partial charge in [0.2, 0.25) is 5.91 Å². The van der Waals surface area contributed by atoms with E-state index in [2.05, 4.69) is 25.8 Å². The molecule has 0 radical (unpaired) electrons. The molecule has 2 amide bonds. The van der Waals surface area contributed by atoms with Gasteiger partial charge in [0, 0.05) is 22.8 Å². The van der Waals surface area contributed by atoms with E-state index in [0.717, 1.165) is 22.4 Å². The monoisotopic (exact) mass is 493 g/mol. The summed E-state index contributed by atoms with van der Waals surface area (Å²) >= 11 is 6.42. The average molecular weight is 494 g/mol. The van der Waals surface area contributed by atoms with Gasteiger partial charge in [-0.2, -0.15) is 10.2 Å². The SMILES string of the molecule is Cc1cc(C)n(C(C)C(=O)Nc2ccc(NC(=O)c3cc4cnn(C(C)C)c4nc3C)cc2Cl)n1. The fourth-order valence-corrected chi connectivity index (χ4v) is 4.18. The number of hydrogen-bond acceptors (Lipinski definition) is 5. The molecule has 0 spiro atoms. The number of anilines is 2. The molecule has 0 aliphatic carbocycles. The fourth-order valence-electron chi connectivity index (χ4n) is 3.95. The molecule has 0 aliphatic heterocycles. The minimum Gasteiger partial charge on any atom is -0.323 e. The molecule has 182 valence electrons. The smallest absolute Gasteiger partial charge is 0.257 e. The lowest BCUT2D eigenvalue weighted by atomic mass is 10.1. The number of hydrogen-bond donors (Lipinski definition) is 2. The molecule has 1 aromatic carbocycles. The molecule has 1 unspecified atom stereocenters. The van der Waals surface area contributed by atoms with E-state index < -0.39 is 6.04 Å². The van der Waals surface area contributed by atoms with Crippen LogP contribution in [0.2, 0.25) is 5.02 Å². The standard InChI is InChI=1S/C25H28ClN7O2/c1-13(2)32-23-18(12-27-32)10-20(16(5)28-23)25(35)29-19-7-8-22(21(26)11-19)30-24(34)17(6)33-15(4)9-14(3)31-33/h7-13,17H,1-6H3,(H,29,35)(H,30,34). The zero-order chi connectivity index (χ0) is 25.4. The molecule has 1 atom stereocenters. The van der Waals surface area contributed by atoms with E-state index >= 15 is 0 Å². The topological polar surface area (TPSA) is 107 Å². The molecular formula is C25H28ClN7O2. The number of pyridine rings is 1. The van der Waals surface area contributed by atoms with Crippen LogP contribution in [0.1, 0.15) is 60.3 Å². The number of benzene rings is 1. The Morgan fingerprint density at radius 3 is 2.37 bits per heavy atom. The van der Waals surface area contributed by atoms with Gasteiger partial charge in [0.15, 0.2) is 5.65 Å². The molecule has 35 heavy (non-hydrogen) atoms. The largest absolute Gasteiger partial charge is 0.323 e. The van der Waals surface area contributed by atoms with E-state index in [4.69, 9.17) is 11.6 Å². The van der Waals surface area contributed by atoms with Crippen LogP contribution in [0.25, 0.3) is 11.0 Å². The maximum absolute atomic E-state index is 13.0. The molecule has 0 saturated heterocycles. The Balaban J connectivity index is 1.49. The number of carbonyl (C=O) groups is 2. The van der Waals surface area contributed by atoms with Crippen molar-refractivity contribution < 1.29 is 9.59 Å². The summed E-state index contributed by atoms with van der Waals surface area (Å²) in [6, 6.07) is 8.30. The molecule has 4 aromatic rings. The normalized spacial score (nSPS) is 12.2. The molecule has 3 aromatic heterocycles. The Kier molecular flexibility index (Phi) is 6.62. The van der Waals surface area contributed by atoms with Crippen LogP contribution in [-0.2, 0) is 4.79 Å². The Morgan fingerprint density at radius 2 is 1.74 bits per heavy atom. The van der Waals surface area contributed by atoms with Crippen molar-refractivity contribution in [3.05, 3.63) is 64.2 Å². The third-order valence-corrected chi connectivity index (χ3v) is 6.08. The van der Waals surface area contributed by atoms with E-state index in [0.29, 0.717) is 27.7 Å². The minimum atomic E-state index is -0.510. The van der Waals surface area contributed by atoms with Crippen molar-refractivity contribution >= 4 is 45.8 Å². The molecule has 0 saturated carbocycles. The predicted octanol–water partition coefficient (Wildman–Crippen LogP) is 5.24. The quantitative estimate of drug-likeness (QED) is 0.382. The van der Waals surface area contributed by atoms with Crippen LogP contribution in [-0.4, -0.2) is 36.4 Å². The van der Waals surface area contributed by atoms with Crippen molar-refractivity contribution in [2.24, 2.45) is 0 Å². The fraction of sp³-hybridized carbons (Fsp3) is 0.320. The number of carbonyl (C=O) groups excluding carboxylic acids is 2. The van der Waals surface area contributed by atoms with Crippen LogP contribution >= 0.6 is 11.6 Å². The number of aryl methyl sites for hydroxylation is 3. The summed E-state index contributed by atoms with van der Waals surface area (Å²) in [4.78, 5) is 30.3. The summed E-state index contributed by atoms with van der Waals surface area (Å²) in [6.07, 6.45) is 1.71. The molecule has 4 rings (SSSR count). The summed E-state index contributed by atoms with van der Waals surface area (Å²) in [7, 11) is 0. The van der Waals surface area contributed by atoms with Crippen LogP contribution in [0, 0.1) is 20.8 Å². The van der Waals surface area contributed by atoms with Gasteiger partial charge in [-0.1, -0.05) is 11.6 Å². The molecule has 3 heterocycles. The third kappa shape index (κ3) is 4.90. The number of fused-ring (bicyclic) bond motifs is 1. The Hall–Kier alpha value is -3.72. The first-order valence-corrected chi connectivity index (χ1v) is 11.7. The highest BCUT2D eigenvalue weighted by Gasteiger charge is 2.20. The van der Waals surface area contributed by atoms with Gasteiger partial charge in [-0.05, 0) is 71.9 Å². The van der Waals surface area contributed by atoms with Crippen molar-refractivity contribution in [2.45, 2.75) is 53.6 Å². The first-order valence-electron chi connectivity index (χ1n) is 11.3. The second-order valence-electron chi connectivity index (χ2n) is 8.90. The minimum absolute atomic E-state index is 0.163. The number of halogens is 1. The number of nitrogens with one attached hydrogen (secondary N) is 2. The number of nitrogens with zero attached hydrogens (tertiary/aromatic N) is 5. The maximum Gasteiger partial charge on any atom is 0.257 e. The average Bonchev–Trinajstić information content (AvgIpc) is 3.36. The van der Waals surface area contributed by atoms with Gasteiger partial charge < -0.3 is 10.6 Å². The van der Waals surface area contributed by atoms with E-state index in [1.54, 1.807) is 49.0 Å². The van der Waals surface area contributed by atoms with E-state index in [-0.39, 0.29) is 17.9 Å². The maximum atomic E-state index is 13.0. The number of aromatic nitrogens is 5. The molecule has 10 heteroatoms. The molecule has 0 bridgehead atoms. The summed E-state index contributed by atoms with van der Waals surface area (Å²) in [6.45, 7) is 11.4. The highest BCUT2D eigenvalue weighted by atomic mass is 35.5. The molecule has 0 fully saturated rings. The predicted molar refractivity (Wildman–Crippen MR) is 137 cm³/mol. The third-order valence-electron chi connectivity index (χ3n) is 5.77. The second-order valence-corrected chi connectivity index (χ2v) is 9.31. The van der Waals surface area contributed by atoms with Gasteiger partial charge in [-0.15, -0.1) is 0 Å². The summed E-state index contributed by atoms with van der Waals surface area (Å²) < 4.78 is 3.50. The summed E-state index contributed by atoms with van der Waals surface area (Å²) in [5.41, 5.74) is 4.49. The van der Waals surface area contributed by atoms with Crippen molar-refractivity contribution in [3.63, 3.8) is 0 Å². The second kappa shape index (κ2) is 9.50. The summed E-state index contributed by atoms with van der Waals surface area (Å²) in [5.74, 6) is -0.549. The molecule has 9 nitrogen and oxygen atoms in total. The van der Waals surface area contributed by atoms with Crippen LogP contribution in [0.3, 0.4) is 0 Å². The van der Waals surface area contributed by atoms with Crippen LogP contribution < -0.4 is 10.6 Å². The lowest BCUT2D eigenvalue weighted by molar-refractivity contribution is -0.119. The van der Waals surface area contributed by atoms with Gasteiger partial charge in [0.25, 0.3) is 5.91 Å². The van der Waals surface area contributed by atoms with E-state index in [9.17, 15) is 9.59 Å². The van der Waals surface area contributed by atoms with Crippen molar-refractivity contribution in [1.29, 1.82) is 0 Å². The van der Waals surface area contributed by atoms with E-state index in [1.165, 1.54) is 0 Å². The molecule has 0 aliphatic rings. The van der Waals surface area contributed by atoms with Gasteiger partial charge in [0.05, 0.1) is 33.9 Å². The van der Waals surface area contributed by atoms with Gasteiger partial charge in [0.1, 0.15) is 6.04 Å². The van der Waals surface area contributed by atoms with Gasteiger partial charge >= 0.3 is 0 Å². The Labute approximate surface area is 208 Å². The van der Waals surface area contributed by atoms with Crippen LogP contribution in [0.15, 0.2) is 36.5 Å². The van der Waals surface area contributed by atoms with Crippen LogP contribution in [0.4, 0.5) is 11.4 Å².